The number of nitrogens with one attached hydrogen (secondary N) is 1. The van der Waals surface area contributed by atoms with Crippen molar-refractivity contribution in [3.05, 3.63) is 33.1 Å². The van der Waals surface area contributed by atoms with Crippen molar-refractivity contribution >= 4 is 5.69 Å². The lowest BCUT2D eigenvalue weighted by molar-refractivity contribution is 0.587. The van der Waals surface area contributed by atoms with Gasteiger partial charge in [0.25, 0.3) is 5.56 Å². The average molecular weight is 180 g/mol. The zero-order valence-electron chi connectivity index (χ0n) is 7.92. The number of aromatic nitrogens is 1. The van der Waals surface area contributed by atoms with Crippen LogP contribution in [0.1, 0.15) is 26.3 Å². The van der Waals surface area contributed by atoms with Crippen molar-refractivity contribution in [2.24, 2.45) is 5.18 Å². The van der Waals surface area contributed by atoms with Gasteiger partial charge in [-0.15, -0.1) is 4.91 Å². The molecule has 1 heterocycles. The van der Waals surface area contributed by atoms with Gasteiger partial charge in [0.05, 0.1) is 0 Å². The molecular weight excluding hydrogens is 168 g/mol. The van der Waals surface area contributed by atoms with E-state index in [0.29, 0.717) is 0 Å². The molecule has 4 heteroatoms. The molecule has 0 saturated heterocycles. The van der Waals surface area contributed by atoms with E-state index in [0.717, 1.165) is 5.56 Å². The van der Waals surface area contributed by atoms with E-state index in [4.69, 9.17) is 0 Å². The number of aromatic amines is 1. The first-order valence-corrected chi connectivity index (χ1v) is 4.02. The van der Waals surface area contributed by atoms with Crippen LogP contribution < -0.4 is 5.56 Å². The predicted octanol–water partition coefficient (Wildman–Crippen LogP) is 2.07. The van der Waals surface area contributed by atoms with Crippen LogP contribution in [0.4, 0.5) is 5.69 Å². The van der Waals surface area contributed by atoms with Crippen LogP contribution in [0.15, 0.2) is 22.2 Å². The van der Waals surface area contributed by atoms with Crippen molar-refractivity contribution in [1.82, 2.24) is 4.98 Å². The van der Waals surface area contributed by atoms with Crippen molar-refractivity contribution in [2.75, 3.05) is 0 Å². The molecular formula is C9H12N2O2. The Bertz CT molecular complexity index is 374. The van der Waals surface area contributed by atoms with Crippen LogP contribution in [0.3, 0.4) is 0 Å². The summed E-state index contributed by atoms with van der Waals surface area (Å²) in [5.41, 5.74) is 0.293. The number of hydrogen-bond donors (Lipinski definition) is 1. The molecule has 1 N–H and O–H groups in total. The van der Waals surface area contributed by atoms with Gasteiger partial charge in [0.15, 0.2) is 5.69 Å². The lowest BCUT2D eigenvalue weighted by Gasteiger charge is -2.18. The van der Waals surface area contributed by atoms with Crippen molar-refractivity contribution < 1.29 is 0 Å². The highest BCUT2D eigenvalue weighted by atomic mass is 16.3. The van der Waals surface area contributed by atoms with Crippen LogP contribution in [-0.2, 0) is 5.41 Å². The molecule has 0 aromatic carbocycles. The summed E-state index contributed by atoms with van der Waals surface area (Å²) in [7, 11) is 0. The Morgan fingerprint density at radius 3 is 2.46 bits per heavy atom. The van der Waals surface area contributed by atoms with Crippen LogP contribution in [0.25, 0.3) is 0 Å². The third-order valence-corrected chi connectivity index (χ3v) is 1.85. The molecule has 4 nitrogen and oxygen atoms in total. The Balaban J connectivity index is 3.30. The highest BCUT2D eigenvalue weighted by molar-refractivity contribution is 5.38. The third kappa shape index (κ3) is 2.02. The molecule has 1 aromatic rings. The number of rotatable bonds is 1. The predicted molar refractivity (Wildman–Crippen MR) is 51.2 cm³/mol. The van der Waals surface area contributed by atoms with Gasteiger partial charge in [-0.3, -0.25) is 4.79 Å². The summed E-state index contributed by atoms with van der Waals surface area (Å²) in [5, 5.41) is 2.65. The number of nitrogens with zero attached hydrogens (tertiary/aromatic N) is 1. The number of pyridine rings is 1. The van der Waals surface area contributed by atoms with E-state index in [1.54, 1.807) is 6.20 Å². The van der Waals surface area contributed by atoms with Crippen LogP contribution in [0, 0.1) is 4.91 Å². The molecule has 0 spiro atoms. The minimum atomic E-state index is -0.442. The van der Waals surface area contributed by atoms with Gasteiger partial charge in [-0.25, -0.2) is 0 Å². The monoisotopic (exact) mass is 180 g/mol. The molecule has 1 aromatic heterocycles. The van der Waals surface area contributed by atoms with Crippen molar-refractivity contribution in [3.8, 4) is 0 Å². The zero-order valence-corrected chi connectivity index (χ0v) is 7.92. The van der Waals surface area contributed by atoms with Crippen molar-refractivity contribution in [2.45, 2.75) is 26.2 Å². The summed E-state index contributed by atoms with van der Waals surface area (Å²) in [4.78, 5) is 23.7. The fraction of sp³-hybridized carbons (Fsp3) is 0.444. The quantitative estimate of drug-likeness (QED) is 0.672. The molecule has 0 radical (unpaired) electrons. The van der Waals surface area contributed by atoms with E-state index < -0.39 is 5.56 Å². The molecule has 0 atom stereocenters. The molecule has 0 aliphatic heterocycles. The second-order valence-corrected chi connectivity index (χ2v) is 3.94. The first-order chi connectivity index (χ1) is 5.95. The average Bonchev–Trinajstić information content (AvgIpc) is 2.03. The largest absolute Gasteiger partial charge is 0.327 e. The topological polar surface area (TPSA) is 62.3 Å². The Kier molecular flexibility index (Phi) is 2.32. The second kappa shape index (κ2) is 3.12. The zero-order chi connectivity index (χ0) is 10.1. The van der Waals surface area contributed by atoms with E-state index in [9.17, 15) is 9.70 Å². The number of H-pyrrole nitrogens is 1. The molecule has 0 unspecified atom stereocenters. The fourth-order valence-electron chi connectivity index (χ4n) is 0.973. The second-order valence-electron chi connectivity index (χ2n) is 3.94. The Morgan fingerprint density at radius 1 is 1.38 bits per heavy atom. The highest BCUT2D eigenvalue weighted by Crippen LogP contribution is 2.22. The minimum Gasteiger partial charge on any atom is -0.327 e. The Hall–Kier alpha value is -1.45. The third-order valence-electron chi connectivity index (χ3n) is 1.85. The molecule has 13 heavy (non-hydrogen) atoms. The van der Waals surface area contributed by atoms with E-state index in [1.807, 2.05) is 20.8 Å². The number of nitroso groups, excluding NO2 is 1. The molecule has 1 rings (SSSR count). The Morgan fingerprint density at radius 2 is 2.00 bits per heavy atom. The van der Waals surface area contributed by atoms with Gasteiger partial charge in [0, 0.05) is 6.20 Å². The van der Waals surface area contributed by atoms with Crippen LogP contribution >= 0.6 is 0 Å². The van der Waals surface area contributed by atoms with Crippen molar-refractivity contribution in [1.29, 1.82) is 0 Å². The maximum absolute atomic E-state index is 11.0. The van der Waals surface area contributed by atoms with Gasteiger partial charge in [-0.2, -0.15) is 0 Å². The summed E-state index contributed by atoms with van der Waals surface area (Å²) in [6.07, 6.45) is 1.61. The fourth-order valence-corrected chi connectivity index (χ4v) is 0.973. The summed E-state index contributed by atoms with van der Waals surface area (Å²) in [5.74, 6) is 0. The van der Waals surface area contributed by atoms with Gasteiger partial charge in [-0.05, 0) is 22.2 Å². The smallest absolute Gasteiger partial charge is 0.277 e. The van der Waals surface area contributed by atoms with Gasteiger partial charge >= 0.3 is 0 Å². The standard InChI is InChI=1S/C9H12N2O2/c1-9(2,3)6-4-7(11-13)8(12)10-5-6/h4-5H,1-3H3,(H,10,12). The summed E-state index contributed by atoms with van der Waals surface area (Å²) in [6, 6.07) is 1.52. The van der Waals surface area contributed by atoms with E-state index in [1.165, 1.54) is 6.07 Å². The van der Waals surface area contributed by atoms with E-state index in [-0.39, 0.29) is 11.1 Å². The molecule has 0 amide bonds. The van der Waals surface area contributed by atoms with Gasteiger partial charge < -0.3 is 4.98 Å². The first kappa shape index (κ1) is 9.64. The van der Waals surface area contributed by atoms with Gasteiger partial charge in [0.2, 0.25) is 0 Å². The molecule has 0 aliphatic carbocycles. The normalized spacial score (nSPS) is 11.3. The molecule has 0 fully saturated rings. The van der Waals surface area contributed by atoms with Gasteiger partial charge in [-0.1, -0.05) is 20.8 Å². The van der Waals surface area contributed by atoms with Crippen LogP contribution in [0.2, 0.25) is 0 Å². The highest BCUT2D eigenvalue weighted by Gasteiger charge is 2.15. The van der Waals surface area contributed by atoms with Gasteiger partial charge in [0.1, 0.15) is 0 Å². The summed E-state index contributed by atoms with van der Waals surface area (Å²) in [6.45, 7) is 5.99. The maximum Gasteiger partial charge on any atom is 0.277 e. The molecule has 0 saturated carbocycles. The molecule has 0 aliphatic rings. The number of hydrogen-bond acceptors (Lipinski definition) is 3. The molecule has 70 valence electrons. The Labute approximate surface area is 76.0 Å². The van der Waals surface area contributed by atoms with E-state index >= 15 is 0 Å². The van der Waals surface area contributed by atoms with E-state index in [2.05, 4.69) is 10.2 Å². The van der Waals surface area contributed by atoms with Crippen LogP contribution in [-0.4, -0.2) is 4.98 Å². The maximum atomic E-state index is 11.0. The SMILES string of the molecule is CC(C)(C)c1c[nH]c(=O)c(N=O)c1. The minimum absolute atomic E-state index is 0.0626. The van der Waals surface area contributed by atoms with Crippen LogP contribution in [0.5, 0.6) is 0 Å². The lowest BCUT2D eigenvalue weighted by Crippen LogP contribution is -2.14. The summed E-state index contributed by atoms with van der Waals surface area (Å²) >= 11 is 0. The molecule has 0 bridgehead atoms. The summed E-state index contributed by atoms with van der Waals surface area (Å²) < 4.78 is 0. The first-order valence-electron chi connectivity index (χ1n) is 4.02. The lowest BCUT2D eigenvalue weighted by atomic mass is 9.88. The van der Waals surface area contributed by atoms with Crippen molar-refractivity contribution in [3.63, 3.8) is 0 Å².